The second-order valence-electron chi connectivity index (χ2n) is 4.48. The number of esters is 1. The Labute approximate surface area is 102 Å². The molecule has 94 valence electrons. The topological polar surface area (TPSA) is 64.1 Å². The van der Waals surface area contributed by atoms with Gasteiger partial charge in [-0.15, -0.1) is 0 Å². The molecule has 0 fully saturated rings. The molecule has 0 aliphatic rings. The predicted octanol–water partition coefficient (Wildman–Crippen LogP) is 1.11. The fraction of sp³-hybridized carbons (Fsp3) is 0.583. The number of aromatic nitrogens is 2. The van der Waals surface area contributed by atoms with Gasteiger partial charge < -0.3 is 4.74 Å². The van der Waals surface area contributed by atoms with Crippen LogP contribution in [0.4, 0.5) is 0 Å². The Balaban J connectivity index is 2.98. The van der Waals surface area contributed by atoms with E-state index in [0.29, 0.717) is 18.2 Å². The summed E-state index contributed by atoms with van der Waals surface area (Å²) in [5, 5.41) is 3.19. The number of carbonyl (C=O) groups excluding carboxylic acids is 1. The molecule has 1 rings (SSSR count). The van der Waals surface area contributed by atoms with E-state index in [1.807, 2.05) is 0 Å². The van der Waals surface area contributed by atoms with Crippen LogP contribution < -0.4 is 5.32 Å². The fourth-order valence-corrected chi connectivity index (χ4v) is 1.44. The number of methoxy groups -OCH3 is 1. The van der Waals surface area contributed by atoms with Crippen LogP contribution in [-0.2, 0) is 15.1 Å². The average Bonchev–Trinajstić information content (AvgIpc) is 2.36. The van der Waals surface area contributed by atoms with E-state index in [4.69, 9.17) is 4.74 Å². The zero-order valence-electron chi connectivity index (χ0n) is 10.7. The van der Waals surface area contributed by atoms with E-state index in [1.54, 1.807) is 25.5 Å². The minimum absolute atomic E-state index is 0.362. The van der Waals surface area contributed by atoms with Crippen molar-refractivity contribution in [2.75, 3.05) is 13.7 Å². The fourth-order valence-electron chi connectivity index (χ4n) is 1.44. The first-order valence-electron chi connectivity index (χ1n) is 5.60. The van der Waals surface area contributed by atoms with E-state index in [-0.39, 0.29) is 5.97 Å². The van der Waals surface area contributed by atoms with E-state index in [0.717, 1.165) is 0 Å². The van der Waals surface area contributed by atoms with Gasteiger partial charge in [0.05, 0.1) is 19.0 Å². The van der Waals surface area contributed by atoms with Crippen LogP contribution in [0.2, 0.25) is 0 Å². The van der Waals surface area contributed by atoms with E-state index in [2.05, 4.69) is 29.1 Å². The summed E-state index contributed by atoms with van der Waals surface area (Å²) in [6, 6.07) is 0. The smallest absolute Gasteiger partial charge is 0.332 e. The molecule has 1 N–H and O–H groups in total. The molecule has 0 saturated carbocycles. The number of carbonyl (C=O) groups is 1. The van der Waals surface area contributed by atoms with Crippen LogP contribution in [0.5, 0.6) is 0 Å². The number of hydrogen-bond donors (Lipinski definition) is 1. The molecule has 5 nitrogen and oxygen atoms in total. The first kappa shape index (κ1) is 13.6. The quantitative estimate of drug-likeness (QED) is 0.777. The zero-order chi connectivity index (χ0) is 12.9. The lowest BCUT2D eigenvalue weighted by molar-refractivity contribution is -0.148. The van der Waals surface area contributed by atoms with Crippen molar-refractivity contribution in [1.29, 1.82) is 0 Å². The van der Waals surface area contributed by atoms with Crippen molar-refractivity contribution in [3.8, 4) is 0 Å². The Morgan fingerprint density at radius 2 is 2.24 bits per heavy atom. The third kappa shape index (κ3) is 3.23. The Hall–Kier alpha value is -1.49. The molecule has 1 aromatic heterocycles. The average molecular weight is 237 g/mol. The highest BCUT2D eigenvalue weighted by Crippen LogP contribution is 2.19. The monoisotopic (exact) mass is 237 g/mol. The van der Waals surface area contributed by atoms with Gasteiger partial charge in [0.2, 0.25) is 0 Å². The molecule has 0 spiro atoms. The molecule has 1 atom stereocenters. The molecule has 1 heterocycles. The van der Waals surface area contributed by atoms with Crippen LogP contribution in [0.15, 0.2) is 18.6 Å². The summed E-state index contributed by atoms with van der Waals surface area (Å²) in [6.45, 7) is 6.59. The lowest BCUT2D eigenvalue weighted by Gasteiger charge is -2.27. The molecule has 0 radical (unpaired) electrons. The molecule has 5 heteroatoms. The van der Waals surface area contributed by atoms with Crippen LogP contribution in [0.1, 0.15) is 26.5 Å². The first-order chi connectivity index (χ1) is 8.00. The van der Waals surface area contributed by atoms with Crippen molar-refractivity contribution in [2.45, 2.75) is 26.3 Å². The highest BCUT2D eigenvalue weighted by molar-refractivity contribution is 5.81. The maximum absolute atomic E-state index is 11.9. The van der Waals surface area contributed by atoms with Gasteiger partial charge in [0.15, 0.2) is 5.54 Å². The van der Waals surface area contributed by atoms with Gasteiger partial charge in [-0.3, -0.25) is 15.3 Å². The molecule has 0 aromatic carbocycles. The molecule has 0 aliphatic heterocycles. The molecule has 0 amide bonds. The summed E-state index contributed by atoms with van der Waals surface area (Å²) in [6.07, 6.45) is 4.71. The second-order valence-corrected chi connectivity index (χ2v) is 4.48. The minimum Gasteiger partial charge on any atom is -0.467 e. The van der Waals surface area contributed by atoms with Crippen LogP contribution in [0, 0.1) is 5.92 Å². The van der Waals surface area contributed by atoms with Crippen LogP contribution in [0.25, 0.3) is 0 Å². The molecular formula is C12H19N3O2. The van der Waals surface area contributed by atoms with Crippen LogP contribution >= 0.6 is 0 Å². The molecule has 1 aromatic rings. The number of hydrogen-bond acceptors (Lipinski definition) is 5. The maximum atomic E-state index is 11.9. The summed E-state index contributed by atoms with van der Waals surface area (Å²) >= 11 is 0. The van der Waals surface area contributed by atoms with E-state index in [1.165, 1.54) is 7.11 Å². The van der Waals surface area contributed by atoms with Gasteiger partial charge in [-0.1, -0.05) is 13.8 Å². The Bertz CT molecular complexity index is 367. The van der Waals surface area contributed by atoms with Gasteiger partial charge in [-0.05, 0) is 19.4 Å². The number of ether oxygens (including phenoxy) is 1. The van der Waals surface area contributed by atoms with E-state index < -0.39 is 5.54 Å². The molecule has 0 aliphatic carbocycles. The van der Waals surface area contributed by atoms with Crippen molar-refractivity contribution >= 4 is 5.97 Å². The lowest BCUT2D eigenvalue weighted by Crippen LogP contribution is -2.49. The Morgan fingerprint density at radius 3 is 2.71 bits per heavy atom. The van der Waals surface area contributed by atoms with E-state index >= 15 is 0 Å². The van der Waals surface area contributed by atoms with Crippen molar-refractivity contribution < 1.29 is 9.53 Å². The largest absolute Gasteiger partial charge is 0.467 e. The highest BCUT2D eigenvalue weighted by atomic mass is 16.5. The highest BCUT2D eigenvalue weighted by Gasteiger charge is 2.37. The SMILES string of the molecule is COC(=O)C(C)(NCC(C)C)c1cnccn1. The summed E-state index contributed by atoms with van der Waals surface area (Å²) in [5.74, 6) is 0.0642. The first-order valence-corrected chi connectivity index (χ1v) is 5.60. The zero-order valence-corrected chi connectivity index (χ0v) is 10.7. The third-order valence-electron chi connectivity index (χ3n) is 2.53. The summed E-state index contributed by atoms with van der Waals surface area (Å²) in [4.78, 5) is 20.1. The number of rotatable bonds is 5. The van der Waals surface area contributed by atoms with Gasteiger partial charge >= 0.3 is 5.97 Å². The molecule has 17 heavy (non-hydrogen) atoms. The normalized spacial score (nSPS) is 14.4. The maximum Gasteiger partial charge on any atom is 0.332 e. The van der Waals surface area contributed by atoms with Gasteiger partial charge in [-0.25, -0.2) is 4.79 Å². The molecule has 0 saturated heterocycles. The van der Waals surface area contributed by atoms with Gasteiger partial charge in [0.25, 0.3) is 0 Å². The predicted molar refractivity (Wildman–Crippen MR) is 64.2 cm³/mol. The summed E-state index contributed by atoms with van der Waals surface area (Å²) in [5.41, 5.74) is -0.389. The minimum atomic E-state index is -0.951. The van der Waals surface area contributed by atoms with Crippen molar-refractivity contribution in [1.82, 2.24) is 15.3 Å². The number of nitrogens with one attached hydrogen (secondary N) is 1. The van der Waals surface area contributed by atoms with Crippen LogP contribution in [0.3, 0.4) is 0 Å². The van der Waals surface area contributed by atoms with E-state index in [9.17, 15) is 4.79 Å². The molecular weight excluding hydrogens is 218 g/mol. The van der Waals surface area contributed by atoms with Crippen molar-refractivity contribution in [2.24, 2.45) is 5.92 Å². The van der Waals surface area contributed by atoms with Crippen LogP contribution in [-0.4, -0.2) is 29.6 Å². The lowest BCUT2D eigenvalue weighted by atomic mass is 9.97. The standard InChI is InChI=1S/C12H19N3O2/c1-9(2)7-15-12(3,11(16)17-4)10-8-13-5-6-14-10/h5-6,8-9,15H,7H2,1-4H3. The van der Waals surface area contributed by atoms with Gasteiger partial charge in [-0.2, -0.15) is 0 Å². The number of nitrogens with zero attached hydrogens (tertiary/aromatic N) is 2. The van der Waals surface area contributed by atoms with Gasteiger partial charge in [0.1, 0.15) is 0 Å². The van der Waals surface area contributed by atoms with Crippen molar-refractivity contribution in [3.63, 3.8) is 0 Å². The molecule has 1 unspecified atom stereocenters. The van der Waals surface area contributed by atoms with Crippen molar-refractivity contribution in [3.05, 3.63) is 24.3 Å². The molecule has 0 bridgehead atoms. The second kappa shape index (κ2) is 5.72. The Morgan fingerprint density at radius 1 is 1.53 bits per heavy atom. The Kier molecular flexibility index (Phi) is 4.57. The van der Waals surface area contributed by atoms with Gasteiger partial charge in [0, 0.05) is 12.4 Å². The summed E-state index contributed by atoms with van der Waals surface area (Å²) < 4.78 is 4.83. The summed E-state index contributed by atoms with van der Waals surface area (Å²) in [7, 11) is 1.37. The third-order valence-corrected chi connectivity index (χ3v) is 2.53.